The average molecular weight is 376 g/mol. The predicted molar refractivity (Wildman–Crippen MR) is 107 cm³/mol. The Labute approximate surface area is 163 Å². The zero-order chi connectivity index (χ0) is 19.4. The number of halogens is 1. The van der Waals surface area contributed by atoms with Crippen molar-refractivity contribution in [1.82, 2.24) is 9.55 Å². The highest BCUT2D eigenvalue weighted by Crippen LogP contribution is 2.23. The maximum atomic E-state index is 12.9. The Morgan fingerprint density at radius 2 is 1.93 bits per heavy atom. The third-order valence-electron chi connectivity index (χ3n) is 4.49. The van der Waals surface area contributed by atoms with Crippen LogP contribution in [0.2, 0.25) is 5.02 Å². The van der Waals surface area contributed by atoms with Crippen LogP contribution in [-0.2, 0) is 6.54 Å². The first-order chi connectivity index (χ1) is 13.0. The van der Waals surface area contributed by atoms with Gasteiger partial charge in [-0.3, -0.25) is 9.78 Å². The van der Waals surface area contributed by atoms with Crippen LogP contribution in [0.15, 0.2) is 60.4 Å². The second-order valence-electron chi connectivity index (χ2n) is 6.24. The molecule has 0 spiro atoms. The van der Waals surface area contributed by atoms with E-state index in [1.807, 2.05) is 54.8 Å². The van der Waals surface area contributed by atoms with E-state index in [0.717, 1.165) is 22.5 Å². The molecule has 1 aromatic carbocycles. The number of Topliss-reactive ketones (excluding diaryl/α,β-unsaturated/α-hetero) is 1. The van der Waals surface area contributed by atoms with Gasteiger partial charge >= 0.3 is 0 Å². The second kappa shape index (κ2) is 8.03. The molecular formula is C22H18ClN3O. The van der Waals surface area contributed by atoms with Gasteiger partial charge in [-0.2, -0.15) is 5.26 Å². The molecule has 0 N–H and O–H groups in total. The first-order valence-electron chi connectivity index (χ1n) is 8.48. The van der Waals surface area contributed by atoms with Gasteiger partial charge in [-0.05, 0) is 55.3 Å². The Balaban J connectivity index is 1.96. The summed E-state index contributed by atoms with van der Waals surface area (Å²) < 4.78 is 2.04. The predicted octanol–water partition coefficient (Wildman–Crippen LogP) is 4.99. The maximum absolute atomic E-state index is 12.9. The zero-order valence-corrected chi connectivity index (χ0v) is 15.9. The molecule has 134 valence electrons. The molecule has 0 unspecified atom stereocenters. The van der Waals surface area contributed by atoms with Crippen molar-refractivity contribution >= 4 is 23.5 Å². The lowest BCUT2D eigenvalue weighted by Gasteiger charge is -2.11. The number of hydrogen-bond acceptors (Lipinski definition) is 3. The van der Waals surface area contributed by atoms with Crippen molar-refractivity contribution in [1.29, 1.82) is 5.26 Å². The van der Waals surface area contributed by atoms with Crippen molar-refractivity contribution in [2.24, 2.45) is 0 Å². The molecule has 0 atom stereocenters. The molecule has 2 heterocycles. The fourth-order valence-corrected chi connectivity index (χ4v) is 3.19. The standard InChI is InChI=1S/C22H18ClN3O/c1-15-11-20(16(2)26(15)14-18-5-3-4-6-21(18)23)22(27)19(13-24)12-17-7-9-25-10-8-17/h3-12H,14H2,1-2H3/b19-12+. The fraction of sp³-hybridized carbons (Fsp3) is 0.136. The maximum Gasteiger partial charge on any atom is 0.205 e. The number of carbonyl (C=O) groups excluding carboxylic acids is 1. The van der Waals surface area contributed by atoms with Crippen LogP contribution in [0.5, 0.6) is 0 Å². The molecule has 27 heavy (non-hydrogen) atoms. The van der Waals surface area contributed by atoms with Crippen LogP contribution in [0.4, 0.5) is 0 Å². The van der Waals surface area contributed by atoms with E-state index in [-0.39, 0.29) is 11.4 Å². The molecule has 0 fully saturated rings. The van der Waals surface area contributed by atoms with Gasteiger partial charge in [0.2, 0.25) is 5.78 Å². The molecule has 0 radical (unpaired) electrons. The van der Waals surface area contributed by atoms with Gasteiger partial charge in [-0.1, -0.05) is 29.8 Å². The summed E-state index contributed by atoms with van der Waals surface area (Å²) in [5, 5.41) is 10.2. The van der Waals surface area contributed by atoms with E-state index in [0.29, 0.717) is 17.1 Å². The van der Waals surface area contributed by atoms with Crippen LogP contribution in [0.1, 0.15) is 32.9 Å². The number of benzene rings is 1. The molecule has 0 saturated carbocycles. The van der Waals surface area contributed by atoms with Crippen LogP contribution < -0.4 is 0 Å². The van der Waals surface area contributed by atoms with Crippen molar-refractivity contribution in [3.8, 4) is 6.07 Å². The van der Waals surface area contributed by atoms with Gasteiger partial charge in [0.15, 0.2) is 0 Å². The van der Waals surface area contributed by atoms with E-state index in [9.17, 15) is 10.1 Å². The number of nitrogens with zero attached hydrogens (tertiary/aromatic N) is 3. The third kappa shape index (κ3) is 3.99. The number of rotatable bonds is 5. The van der Waals surface area contributed by atoms with Crippen molar-refractivity contribution in [2.75, 3.05) is 0 Å². The van der Waals surface area contributed by atoms with Crippen molar-refractivity contribution in [3.63, 3.8) is 0 Å². The molecule has 0 aliphatic carbocycles. The van der Waals surface area contributed by atoms with Gasteiger partial charge in [-0.15, -0.1) is 0 Å². The van der Waals surface area contributed by atoms with E-state index >= 15 is 0 Å². The molecule has 0 amide bonds. The van der Waals surface area contributed by atoms with Gasteiger partial charge < -0.3 is 4.57 Å². The largest absolute Gasteiger partial charge is 0.344 e. The van der Waals surface area contributed by atoms with E-state index in [4.69, 9.17) is 11.6 Å². The Kier molecular flexibility index (Phi) is 5.54. The van der Waals surface area contributed by atoms with E-state index in [2.05, 4.69) is 4.98 Å². The van der Waals surface area contributed by atoms with Crippen LogP contribution >= 0.6 is 11.6 Å². The summed E-state index contributed by atoms with van der Waals surface area (Å²) in [6.07, 6.45) is 4.84. The average Bonchev–Trinajstić information content (AvgIpc) is 2.96. The Morgan fingerprint density at radius 3 is 2.59 bits per heavy atom. The lowest BCUT2D eigenvalue weighted by Crippen LogP contribution is -2.07. The zero-order valence-electron chi connectivity index (χ0n) is 15.1. The highest BCUT2D eigenvalue weighted by Gasteiger charge is 2.19. The molecule has 3 aromatic rings. The summed E-state index contributed by atoms with van der Waals surface area (Å²) in [6, 6.07) is 15.0. The Morgan fingerprint density at radius 1 is 1.22 bits per heavy atom. The number of pyridine rings is 1. The number of aryl methyl sites for hydroxylation is 1. The molecule has 0 saturated heterocycles. The molecule has 0 aliphatic heterocycles. The van der Waals surface area contributed by atoms with E-state index in [1.165, 1.54) is 0 Å². The Bertz CT molecular complexity index is 1060. The van der Waals surface area contributed by atoms with E-state index < -0.39 is 0 Å². The van der Waals surface area contributed by atoms with E-state index in [1.54, 1.807) is 30.6 Å². The van der Waals surface area contributed by atoms with Gasteiger partial charge in [0, 0.05) is 40.9 Å². The molecule has 5 heteroatoms. The summed E-state index contributed by atoms with van der Waals surface area (Å²) in [4.78, 5) is 16.9. The molecule has 0 aliphatic rings. The highest BCUT2D eigenvalue weighted by atomic mass is 35.5. The number of nitriles is 1. The summed E-state index contributed by atoms with van der Waals surface area (Å²) in [5.41, 5.74) is 4.12. The molecule has 4 nitrogen and oxygen atoms in total. The Hall–Kier alpha value is -3.16. The first-order valence-corrected chi connectivity index (χ1v) is 8.85. The molecule has 2 aromatic heterocycles. The van der Waals surface area contributed by atoms with Crippen LogP contribution in [0.25, 0.3) is 6.08 Å². The van der Waals surface area contributed by atoms with Crippen molar-refractivity contribution in [2.45, 2.75) is 20.4 Å². The summed E-state index contributed by atoms with van der Waals surface area (Å²) in [6.45, 7) is 4.40. The van der Waals surface area contributed by atoms with Crippen LogP contribution in [0.3, 0.4) is 0 Å². The SMILES string of the molecule is Cc1cc(C(=O)/C(C#N)=C/c2ccncc2)c(C)n1Cc1ccccc1Cl. The normalized spacial score (nSPS) is 11.3. The minimum absolute atomic E-state index is 0.0965. The minimum atomic E-state index is -0.284. The van der Waals surface area contributed by atoms with Crippen LogP contribution in [-0.4, -0.2) is 15.3 Å². The van der Waals surface area contributed by atoms with Gasteiger partial charge in [0.25, 0.3) is 0 Å². The minimum Gasteiger partial charge on any atom is -0.344 e. The number of hydrogen-bond donors (Lipinski definition) is 0. The van der Waals surface area contributed by atoms with Gasteiger partial charge in [0.05, 0.1) is 0 Å². The topological polar surface area (TPSA) is 58.7 Å². The van der Waals surface area contributed by atoms with Crippen molar-refractivity contribution in [3.05, 3.63) is 93.5 Å². The quantitative estimate of drug-likeness (QED) is 0.358. The first kappa shape index (κ1) is 18.6. The van der Waals surface area contributed by atoms with Crippen molar-refractivity contribution < 1.29 is 4.79 Å². The number of carbonyl (C=O) groups is 1. The smallest absolute Gasteiger partial charge is 0.205 e. The highest BCUT2D eigenvalue weighted by molar-refractivity contribution is 6.31. The molecular weight excluding hydrogens is 358 g/mol. The molecule has 3 rings (SSSR count). The lowest BCUT2D eigenvalue weighted by molar-refractivity contribution is 0.103. The lowest BCUT2D eigenvalue weighted by atomic mass is 10.0. The monoisotopic (exact) mass is 375 g/mol. The number of allylic oxidation sites excluding steroid dienone is 1. The van der Waals surface area contributed by atoms with Gasteiger partial charge in [0.1, 0.15) is 11.6 Å². The fourth-order valence-electron chi connectivity index (χ4n) is 2.99. The second-order valence-corrected chi connectivity index (χ2v) is 6.65. The number of aromatic nitrogens is 2. The summed E-state index contributed by atoms with van der Waals surface area (Å²) in [7, 11) is 0. The summed E-state index contributed by atoms with van der Waals surface area (Å²) in [5.74, 6) is -0.284. The molecule has 0 bridgehead atoms. The van der Waals surface area contributed by atoms with Gasteiger partial charge in [-0.25, -0.2) is 0 Å². The van der Waals surface area contributed by atoms with Crippen LogP contribution in [0, 0.1) is 25.2 Å². The third-order valence-corrected chi connectivity index (χ3v) is 4.86. The number of ketones is 1. The summed E-state index contributed by atoms with van der Waals surface area (Å²) >= 11 is 6.27.